The number of nitrogens with two attached hydrogens (primary N) is 1. The quantitative estimate of drug-likeness (QED) is 0.449. The molecule has 3 atom stereocenters. The molecule has 0 aromatic heterocycles. The second kappa shape index (κ2) is 7.23. The first-order chi connectivity index (χ1) is 9.70. The number of β-amino-alcohol motifs (C(OH)–C–C–N with tert-alkyl or cyclic N) is 1. The van der Waals surface area contributed by atoms with Crippen LogP contribution in [-0.4, -0.2) is 83.3 Å². The van der Waals surface area contributed by atoms with E-state index in [1.54, 1.807) is 0 Å². The summed E-state index contributed by atoms with van der Waals surface area (Å²) in [5.74, 6) is -2.14. The molecule has 1 rings (SSSR count). The second-order valence-electron chi connectivity index (χ2n) is 5.47. The predicted octanol–water partition coefficient (Wildman–Crippen LogP) is -1.98. The highest BCUT2D eigenvalue weighted by atomic mass is 16.4. The molecule has 0 aromatic rings. The van der Waals surface area contributed by atoms with Crippen LogP contribution in [0.1, 0.15) is 12.8 Å². The lowest BCUT2D eigenvalue weighted by Crippen LogP contribution is -2.52. The molecule has 0 bridgehead atoms. The molecule has 120 valence electrons. The Labute approximate surface area is 122 Å². The number of amides is 3. The Morgan fingerprint density at radius 3 is 2.52 bits per heavy atom. The van der Waals surface area contributed by atoms with Gasteiger partial charge in [-0.25, -0.2) is 9.59 Å². The largest absolute Gasteiger partial charge is 0.480 e. The van der Waals surface area contributed by atoms with E-state index in [0.29, 0.717) is 13.0 Å². The normalized spacial score (nSPS) is 23.1. The lowest BCUT2D eigenvalue weighted by Gasteiger charge is -2.28. The number of hydrogen-bond donors (Lipinski definition) is 4. The van der Waals surface area contributed by atoms with Gasteiger partial charge in [-0.05, 0) is 20.5 Å². The van der Waals surface area contributed by atoms with Crippen LogP contribution in [-0.2, 0) is 9.59 Å². The van der Waals surface area contributed by atoms with E-state index in [9.17, 15) is 19.5 Å². The number of likely N-dealkylation sites (N-methyl/N-ethyl adjacent to an activating group) is 1. The Morgan fingerprint density at radius 2 is 2.05 bits per heavy atom. The van der Waals surface area contributed by atoms with E-state index in [2.05, 4.69) is 5.32 Å². The van der Waals surface area contributed by atoms with Crippen molar-refractivity contribution in [1.82, 2.24) is 15.1 Å². The van der Waals surface area contributed by atoms with Gasteiger partial charge in [0, 0.05) is 19.1 Å². The fourth-order valence-electron chi connectivity index (χ4n) is 2.37. The molecule has 0 spiro atoms. The van der Waals surface area contributed by atoms with E-state index >= 15 is 0 Å². The zero-order chi connectivity index (χ0) is 16.2. The molecular weight excluding hydrogens is 280 g/mol. The van der Waals surface area contributed by atoms with Crippen molar-refractivity contribution in [2.45, 2.75) is 31.0 Å². The summed E-state index contributed by atoms with van der Waals surface area (Å²) >= 11 is 0. The second-order valence-corrected chi connectivity index (χ2v) is 5.47. The van der Waals surface area contributed by atoms with Crippen LogP contribution in [0, 0.1) is 0 Å². The van der Waals surface area contributed by atoms with Gasteiger partial charge in [0.1, 0.15) is 6.04 Å². The highest BCUT2D eigenvalue weighted by Crippen LogP contribution is 2.18. The van der Waals surface area contributed by atoms with Crippen molar-refractivity contribution < 1.29 is 24.6 Å². The van der Waals surface area contributed by atoms with Crippen LogP contribution < -0.4 is 11.1 Å². The summed E-state index contributed by atoms with van der Waals surface area (Å²) in [6.45, 7) is 0.686. The van der Waals surface area contributed by atoms with Crippen LogP contribution in [0.4, 0.5) is 4.79 Å². The van der Waals surface area contributed by atoms with Crippen molar-refractivity contribution in [1.29, 1.82) is 0 Å². The van der Waals surface area contributed by atoms with Crippen LogP contribution >= 0.6 is 0 Å². The summed E-state index contributed by atoms with van der Waals surface area (Å²) in [4.78, 5) is 37.3. The zero-order valence-corrected chi connectivity index (χ0v) is 12.2. The van der Waals surface area contributed by atoms with E-state index in [4.69, 9.17) is 10.8 Å². The van der Waals surface area contributed by atoms with E-state index in [0.717, 1.165) is 0 Å². The Morgan fingerprint density at radius 1 is 1.43 bits per heavy atom. The van der Waals surface area contributed by atoms with Gasteiger partial charge in [-0.1, -0.05) is 0 Å². The van der Waals surface area contributed by atoms with Crippen molar-refractivity contribution >= 4 is 17.9 Å². The summed E-state index contributed by atoms with van der Waals surface area (Å²) < 4.78 is 0. The highest BCUT2D eigenvalue weighted by Gasteiger charge is 2.36. The predicted molar refractivity (Wildman–Crippen MR) is 73.4 cm³/mol. The smallest absolute Gasteiger partial charge is 0.326 e. The van der Waals surface area contributed by atoms with Crippen LogP contribution in [0.25, 0.3) is 0 Å². The zero-order valence-electron chi connectivity index (χ0n) is 12.2. The van der Waals surface area contributed by atoms with Crippen molar-refractivity contribution in [2.75, 3.05) is 27.2 Å². The number of carboxylic acids is 1. The molecule has 3 amide bonds. The van der Waals surface area contributed by atoms with Crippen LogP contribution in [0.3, 0.4) is 0 Å². The minimum atomic E-state index is -1.37. The van der Waals surface area contributed by atoms with Crippen LogP contribution in [0.15, 0.2) is 0 Å². The summed E-state index contributed by atoms with van der Waals surface area (Å²) in [5, 5.41) is 20.9. The molecule has 0 saturated carbocycles. The Balaban J connectivity index is 2.71. The number of aliphatic hydroxyl groups is 1. The third kappa shape index (κ3) is 5.20. The molecular formula is C12H22N4O5. The van der Waals surface area contributed by atoms with Gasteiger partial charge >= 0.3 is 12.0 Å². The van der Waals surface area contributed by atoms with Crippen LogP contribution in [0.2, 0.25) is 0 Å². The van der Waals surface area contributed by atoms with Crippen molar-refractivity contribution in [3.63, 3.8) is 0 Å². The maximum Gasteiger partial charge on any atom is 0.326 e. The molecule has 0 aromatic carbocycles. The first-order valence-corrected chi connectivity index (χ1v) is 6.61. The summed E-state index contributed by atoms with van der Waals surface area (Å²) in [7, 11) is 3.68. The summed E-state index contributed by atoms with van der Waals surface area (Å²) in [6.07, 6.45) is -0.685. The number of nitrogens with zero attached hydrogens (tertiary/aromatic N) is 2. The van der Waals surface area contributed by atoms with Gasteiger partial charge in [-0.3, -0.25) is 4.79 Å². The molecule has 0 aliphatic carbocycles. The Kier molecular flexibility index (Phi) is 5.91. The van der Waals surface area contributed by atoms with Gasteiger partial charge in [0.25, 0.3) is 0 Å². The van der Waals surface area contributed by atoms with Crippen LogP contribution in [0.5, 0.6) is 0 Å². The van der Waals surface area contributed by atoms with Gasteiger partial charge in [-0.15, -0.1) is 0 Å². The molecule has 1 heterocycles. The molecule has 1 aliphatic rings. The number of primary amides is 1. The minimum Gasteiger partial charge on any atom is -0.480 e. The number of carbonyl (C=O) groups excluding carboxylic acids is 2. The number of hydrogen-bond acceptors (Lipinski definition) is 5. The highest BCUT2D eigenvalue weighted by molar-refractivity contribution is 5.87. The van der Waals surface area contributed by atoms with Gasteiger partial charge in [0.15, 0.2) is 0 Å². The molecule has 5 N–H and O–H groups in total. The summed E-state index contributed by atoms with van der Waals surface area (Å²) in [6, 6.07) is -2.20. The minimum absolute atomic E-state index is 0.132. The van der Waals surface area contributed by atoms with Gasteiger partial charge < -0.3 is 31.1 Å². The molecule has 9 heteroatoms. The summed E-state index contributed by atoms with van der Waals surface area (Å²) in [5.41, 5.74) is 4.96. The molecule has 1 fully saturated rings. The fraction of sp³-hybridized carbons (Fsp3) is 0.750. The lowest BCUT2D eigenvalue weighted by molar-refractivity contribution is -0.141. The van der Waals surface area contributed by atoms with E-state index < -0.39 is 36.5 Å². The number of carbonyl (C=O) groups is 3. The number of urea groups is 1. The number of aliphatic carboxylic acids is 1. The fourth-order valence-corrected chi connectivity index (χ4v) is 2.37. The number of nitrogens with one attached hydrogen (secondary N) is 1. The average Bonchev–Trinajstić information content (AvgIpc) is 2.67. The SMILES string of the molecule is CN(C)CC1CC(O)CN1C(=O)N[C@@H](CC(N)=O)C(=O)O. The standard InChI is InChI=1S/C12H22N4O5/c1-15(2)5-7-3-8(17)6-16(7)12(21)14-9(11(19)20)4-10(13)18/h7-9,17H,3-6H2,1-2H3,(H2,13,18)(H,14,21)(H,19,20)/t7?,8?,9-/m0/s1. The Bertz CT molecular complexity index is 414. The maximum absolute atomic E-state index is 12.1. The molecule has 2 unspecified atom stereocenters. The third-order valence-corrected chi connectivity index (χ3v) is 3.23. The van der Waals surface area contributed by atoms with Gasteiger partial charge in [-0.2, -0.15) is 0 Å². The maximum atomic E-state index is 12.1. The van der Waals surface area contributed by atoms with Gasteiger partial charge in [0.2, 0.25) is 5.91 Å². The number of aliphatic hydroxyl groups excluding tert-OH is 1. The van der Waals surface area contributed by atoms with Gasteiger partial charge in [0.05, 0.1) is 12.5 Å². The first kappa shape index (κ1) is 17.2. The molecule has 21 heavy (non-hydrogen) atoms. The molecule has 9 nitrogen and oxygen atoms in total. The number of likely N-dealkylation sites (tertiary alicyclic amines) is 1. The lowest BCUT2D eigenvalue weighted by atomic mass is 10.2. The number of carboxylic acid groups (broad SMARTS) is 1. The number of rotatable bonds is 6. The van der Waals surface area contributed by atoms with Crippen molar-refractivity contribution in [3.8, 4) is 0 Å². The first-order valence-electron chi connectivity index (χ1n) is 6.61. The van der Waals surface area contributed by atoms with E-state index in [1.165, 1.54) is 4.90 Å². The molecule has 1 saturated heterocycles. The van der Waals surface area contributed by atoms with E-state index in [-0.39, 0.29) is 12.6 Å². The topological polar surface area (TPSA) is 136 Å². The average molecular weight is 302 g/mol. The van der Waals surface area contributed by atoms with Crippen molar-refractivity contribution in [2.24, 2.45) is 5.73 Å². The molecule has 1 aliphatic heterocycles. The van der Waals surface area contributed by atoms with E-state index in [1.807, 2.05) is 19.0 Å². The third-order valence-electron chi connectivity index (χ3n) is 3.23. The van der Waals surface area contributed by atoms with Crippen molar-refractivity contribution in [3.05, 3.63) is 0 Å². The molecule has 0 radical (unpaired) electrons. The monoisotopic (exact) mass is 302 g/mol. The Hall–Kier alpha value is -1.87.